The molecule has 0 bridgehead atoms. The maximum absolute atomic E-state index is 13.0. The molecule has 1 unspecified atom stereocenters. The van der Waals surface area contributed by atoms with Gasteiger partial charge >= 0.3 is 0 Å². The van der Waals surface area contributed by atoms with Crippen molar-refractivity contribution in [3.63, 3.8) is 0 Å². The van der Waals surface area contributed by atoms with Gasteiger partial charge < -0.3 is 4.74 Å². The van der Waals surface area contributed by atoms with Crippen LogP contribution in [-0.2, 0) is 14.6 Å². The Hall–Kier alpha value is -1.60. The van der Waals surface area contributed by atoms with Crippen LogP contribution in [0.15, 0.2) is 29.2 Å². The van der Waals surface area contributed by atoms with E-state index in [1.54, 1.807) is 17.6 Å². The van der Waals surface area contributed by atoms with E-state index in [-0.39, 0.29) is 11.3 Å². The topological polar surface area (TPSA) is 92.7 Å². The van der Waals surface area contributed by atoms with Gasteiger partial charge in [0, 0.05) is 6.42 Å². The third kappa shape index (κ3) is 5.44. The first-order valence-corrected chi connectivity index (χ1v) is 10.3. The van der Waals surface area contributed by atoms with Crippen molar-refractivity contribution in [2.24, 2.45) is 5.92 Å². The molecule has 0 saturated heterocycles. The molecule has 1 aromatic rings. The molecule has 2 rings (SSSR count). The number of benzene rings is 1. The van der Waals surface area contributed by atoms with Crippen molar-refractivity contribution in [1.82, 2.24) is 5.48 Å². The monoisotopic (exact) mass is 369 g/mol. The first-order valence-electron chi connectivity index (χ1n) is 8.78. The first-order chi connectivity index (χ1) is 12.0. The number of amides is 1. The molecule has 1 atom stereocenters. The van der Waals surface area contributed by atoms with Crippen molar-refractivity contribution < 1.29 is 23.2 Å². The summed E-state index contributed by atoms with van der Waals surface area (Å²) in [6.45, 7) is 0. The number of sulfone groups is 1. The zero-order valence-corrected chi connectivity index (χ0v) is 15.4. The Morgan fingerprint density at radius 2 is 1.88 bits per heavy atom. The van der Waals surface area contributed by atoms with Crippen LogP contribution in [-0.4, -0.2) is 31.9 Å². The summed E-state index contributed by atoms with van der Waals surface area (Å²) in [5.41, 5.74) is 1.55. The molecule has 6 nitrogen and oxygen atoms in total. The smallest absolute Gasteiger partial charge is 0.244 e. The van der Waals surface area contributed by atoms with Crippen LogP contribution in [0.25, 0.3) is 0 Å². The van der Waals surface area contributed by atoms with Crippen LogP contribution < -0.4 is 10.2 Å². The molecule has 1 saturated carbocycles. The van der Waals surface area contributed by atoms with Crippen LogP contribution in [0.2, 0.25) is 0 Å². The minimum Gasteiger partial charge on any atom is -0.497 e. The van der Waals surface area contributed by atoms with Crippen LogP contribution in [0.3, 0.4) is 0 Å². The molecule has 0 radical (unpaired) electrons. The predicted octanol–water partition coefficient (Wildman–Crippen LogP) is 3.09. The number of nitrogens with one attached hydrogen (secondary N) is 1. The second-order valence-corrected chi connectivity index (χ2v) is 8.89. The second-order valence-electron chi connectivity index (χ2n) is 6.66. The zero-order valence-electron chi connectivity index (χ0n) is 14.6. The molecule has 1 aliphatic rings. The van der Waals surface area contributed by atoms with Crippen LogP contribution in [0.1, 0.15) is 51.4 Å². The molecule has 7 heteroatoms. The maximum Gasteiger partial charge on any atom is 0.244 e. The zero-order chi connectivity index (χ0) is 18.3. The van der Waals surface area contributed by atoms with Crippen LogP contribution in [0, 0.1) is 5.92 Å². The van der Waals surface area contributed by atoms with Gasteiger partial charge in [-0.3, -0.25) is 10.0 Å². The Morgan fingerprint density at radius 3 is 2.44 bits per heavy atom. The molecule has 1 aliphatic carbocycles. The number of methoxy groups -OCH3 is 1. The Bertz CT molecular complexity index is 651. The third-order valence-electron chi connectivity index (χ3n) is 4.99. The van der Waals surface area contributed by atoms with Gasteiger partial charge in [0.15, 0.2) is 9.84 Å². The summed E-state index contributed by atoms with van der Waals surface area (Å²) in [5, 5.41) is 7.96. The molecule has 1 aromatic carbocycles. The van der Waals surface area contributed by atoms with Crippen molar-refractivity contribution in [3.05, 3.63) is 24.3 Å². The minimum atomic E-state index is -3.66. The predicted molar refractivity (Wildman–Crippen MR) is 94.3 cm³/mol. The summed E-state index contributed by atoms with van der Waals surface area (Å²) in [5.74, 6) is 0.427. The molecule has 2 N–H and O–H groups in total. The van der Waals surface area contributed by atoms with Gasteiger partial charge in [0.05, 0.1) is 17.3 Å². The number of hydroxylamine groups is 1. The van der Waals surface area contributed by atoms with E-state index in [0.717, 1.165) is 19.3 Å². The molecule has 140 valence electrons. The molecule has 1 fully saturated rings. The van der Waals surface area contributed by atoms with Crippen LogP contribution in [0.4, 0.5) is 0 Å². The number of hydrogen-bond donors (Lipinski definition) is 2. The van der Waals surface area contributed by atoms with Gasteiger partial charge in [0.2, 0.25) is 5.91 Å². The minimum absolute atomic E-state index is 0.174. The Labute approximate surface area is 149 Å². The van der Waals surface area contributed by atoms with E-state index in [9.17, 15) is 13.2 Å². The molecular weight excluding hydrogens is 342 g/mol. The fraction of sp³-hybridized carbons (Fsp3) is 0.611. The average molecular weight is 369 g/mol. The number of carbonyl (C=O) groups is 1. The van der Waals surface area contributed by atoms with E-state index < -0.39 is 21.0 Å². The average Bonchev–Trinajstić information content (AvgIpc) is 2.65. The van der Waals surface area contributed by atoms with E-state index in [2.05, 4.69) is 0 Å². The Morgan fingerprint density at radius 1 is 1.24 bits per heavy atom. The fourth-order valence-corrected chi connectivity index (χ4v) is 5.19. The van der Waals surface area contributed by atoms with Gasteiger partial charge in [0.1, 0.15) is 5.75 Å². The lowest BCUT2D eigenvalue weighted by Crippen LogP contribution is -2.30. The van der Waals surface area contributed by atoms with Gasteiger partial charge in [-0.15, -0.1) is 0 Å². The standard InChI is InChI=1S/C18H27NO5S/c1-24-15-8-11-16(12-9-15)25(22,23)17(13-18(20)19-21)10-7-14-5-3-2-4-6-14/h8-9,11-12,14,17,21H,2-7,10,13H2,1H3,(H,19,20). The summed E-state index contributed by atoms with van der Waals surface area (Å²) in [7, 11) is -2.14. The van der Waals surface area contributed by atoms with Crippen molar-refractivity contribution >= 4 is 15.7 Å². The van der Waals surface area contributed by atoms with E-state index in [4.69, 9.17) is 9.94 Å². The van der Waals surface area contributed by atoms with Crippen molar-refractivity contribution in [1.29, 1.82) is 0 Å². The number of rotatable bonds is 8. The fourth-order valence-electron chi connectivity index (χ4n) is 3.47. The second kappa shape index (κ2) is 9.20. The lowest BCUT2D eigenvalue weighted by molar-refractivity contribution is -0.129. The summed E-state index contributed by atoms with van der Waals surface area (Å²) in [4.78, 5) is 11.8. The Kier molecular flexibility index (Phi) is 7.25. The molecule has 0 heterocycles. The number of carbonyl (C=O) groups excluding carboxylic acids is 1. The molecule has 0 aromatic heterocycles. The summed E-state index contributed by atoms with van der Waals surface area (Å²) in [6.07, 6.45) is 6.86. The summed E-state index contributed by atoms with van der Waals surface area (Å²) in [6, 6.07) is 6.19. The molecule has 0 spiro atoms. The SMILES string of the molecule is COc1ccc(S(=O)(=O)C(CCC2CCCCC2)CC(=O)NO)cc1. The molecular formula is C18H27NO5S. The van der Waals surface area contributed by atoms with Crippen LogP contribution in [0.5, 0.6) is 5.75 Å². The highest BCUT2D eigenvalue weighted by atomic mass is 32.2. The van der Waals surface area contributed by atoms with Gasteiger partial charge in [-0.1, -0.05) is 32.1 Å². The lowest BCUT2D eigenvalue weighted by Gasteiger charge is -2.24. The van der Waals surface area contributed by atoms with Crippen LogP contribution >= 0.6 is 0 Å². The highest BCUT2D eigenvalue weighted by Gasteiger charge is 2.30. The summed E-state index contributed by atoms with van der Waals surface area (Å²) < 4.78 is 31.0. The van der Waals surface area contributed by atoms with Crippen molar-refractivity contribution in [2.45, 2.75) is 61.5 Å². The summed E-state index contributed by atoms with van der Waals surface area (Å²) >= 11 is 0. The molecule has 1 amide bonds. The lowest BCUT2D eigenvalue weighted by atomic mass is 9.85. The highest BCUT2D eigenvalue weighted by molar-refractivity contribution is 7.92. The van der Waals surface area contributed by atoms with Crippen molar-refractivity contribution in [3.8, 4) is 5.75 Å². The van der Waals surface area contributed by atoms with E-state index in [1.807, 2.05) is 0 Å². The maximum atomic E-state index is 13.0. The number of ether oxygens (including phenoxy) is 1. The third-order valence-corrected chi connectivity index (χ3v) is 7.20. The molecule has 0 aliphatic heterocycles. The van der Waals surface area contributed by atoms with E-state index >= 15 is 0 Å². The Balaban J connectivity index is 2.14. The van der Waals surface area contributed by atoms with Gasteiger partial charge in [-0.2, -0.15) is 0 Å². The largest absolute Gasteiger partial charge is 0.497 e. The van der Waals surface area contributed by atoms with Crippen molar-refractivity contribution in [2.75, 3.05) is 7.11 Å². The normalized spacial score (nSPS) is 17.0. The number of hydrogen-bond acceptors (Lipinski definition) is 5. The van der Waals surface area contributed by atoms with Gasteiger partial charge in [0.25, 0.3) is 0 Å². The van der Waals surface area contributed by atoms with Gasteiger partial charge in [-0.05, 0) is 43.0 Å². The quantitative estimate of drug-likeness (QED) is 0.542. The van der Waals surface area contributed by atoms with E-state index in [0.29, 0.717) is 18.1 Å². The highest BCUT2D eigenvalue weighted by Crippen LogP contribution is 2.31. The first kappa shape index (κ1) is 19.7. The van der Waals surface area contributed by atoms with E-state index in [1.165, 1.54) is 38.5 Å². The molecule has 25 heavy (non-hydrogen) atoms. The van der Waals surface area contributed by atoms with Gasteiger partial charge in [-0.25, -0.2) is 13.9 Å².